The van der Waals surface area contributed by atoms with E-state index in [4.69, 9.17) is 4.74 Å². The van der Waals surface area contributed by atoms with Gasteiger partial charge in [0.05, 0.1) is 7.11 Å². The van der Waals surface area contributed by atoms with Crippen LogP contribution in [0.25, 0.3) is 5.69 Å². The molecule has 1 aromatic carbocycles. The van der Waals surface area contributed by atoms with Gasteiger partial charge in [-0.3, -0.25) is 4.98 Å². The van der Waals surface area contributed by atoms with Crippen LogP contribution >= 0.6 is 11.8 Å². The van der Waals surface area contributed by atoms with Crippen LogP contribution in [0.5, 0.6) is 5.75 Å². The molecule has 0 aliphatic heterocycles. The Morgan fingerprint density at radius 3 is 2.82 bits per heavy atom. The number of rotatable bonds is 6. The molecule has 0 N–H and O–H groups in total. The van der Waals surface area contributed by atoms with E-state index < -0.39 is 0 Å². The summed E-state index contributed by atoms with van der Waals surface area (Å²) in [6.45, 7) is 0. The lowest BCUT2D eigenvalue weighted by molar-refractivity contribution is 0.410. The molecule has 3 aromatic rings. The largest absolute Gasteiger partial charge is 0.494 e. The second kappa shape index (κ2) is 7.04. The average molecular weight is 313 g/mol. The fourth-order valence-electron chi connectivity index (χ4n) is 2.02. The highest BCUT2D eigenvalue weighted by atomic mass is 32.2. The summed E-state index contributed by atoms with van der Waals surface area (Å²) >= 11 is 1.59. The van der Waals surface area contributed by atoms with E-state index in [1.165, 1.54) is 0 Å². The zero-order valence-electron chi connectivity index (χ0n) is 12.1. The number of hydrogen-bond donors (Lipinski definition) is 0. The van der Waals surface area contributed by atoms with E-state index in [1.807, 2.05) is 42.5 Å². The summed E-state index contributed by atoms with van der Waals surface area (Å²) in [6, 6.07) is 13.6. The first-order valence-electron chi connectivity index (χ1n) is 6.83. The molecule has 0 saturated heterocycles. The maximum absolute atomic E-state index is 5.36. The fourth-order valence-corrected chi connectivity index (χ4v) is 2.86. The molecule has 0 atom stereocenters. The first-order chi connectivity index (χ1) is 10.9. The molecule has 0 saturated carbocycles. The highest BCUT2D eigenvalue weighted by molar-refractivity contribution is 7.99. The van der Waals surface area contributed by atoms with E-state index in [1.54, 1.807) is 29.8 Å². The third kappa shape index (κ3) is 3.25. The van der Waals surface area contributed by atoms with Crippen LogP contribution in [-0.4, -0.2) is 38.1 Å². The van der Waals surface area contributed by atoms with Gasteiger partial charge in [0.1, 0.15) is 11.4 Å². The molecule has 2 heterocycles. The number of ether oxygens (including phenoxy) is 1. The second-order valence-corrected chi connectivity index (χ2v) is 5.53. The summed E-state index contributed by atoms with van der Waals surface area (Å²) in [4.78, 5) is 4.31. The van der Waals surface area contributed by atoms with Crippen molar-refractivity contribution in [2.45, 2.75) is 11.6 Å². The van der Waals surface area contributed by atoms with E-state index in [9.17, 15) is 0 Å². The number of tetrazole rings is 1. The third-order valence-electron chi connectivity index (χ3n) is 3.07. The maximum atomic E-state index is 5.36. The van der Waals surface area contributed by atoms with Gasteiger partial charge in [0.25, 0.3) is 0 Å². The Labute approximate surface area is 132 Å². The number of aryl methyl sites for hydroxylation is 1. The molecule has 0 spiro atoms. The van der Waals surface area contributed by atoms with Crippen molar-refractivity contribution in [1.82, 2.24) is 25.2 Å². The van der Waals surface area contributed by atoms with Gasteiger partial charge in [-0.05, 0) is 41.1 Å². The molecule has 7 heteroatoms. The molecule has 22 heavy (non-hydrogen) atoms. The maximum Gasteiger partial charge on any atom is 0.214 e. The first kappa shape index (κ1) is 14.5. The Balaban J connectivity index is 1.72. The number of nitrogens with zero attached hydrogens (tertiary/aromatic N) is 5. The fraction of sp³-hybridized carbons (Fsp3) is 0.200. The van der Waals surface area contributed by atoms with E-state index in [0.717, 1.165) is 34.5 Å². The topological polar surface area (TPSA) is 65.7 Å². The van der Waals surface area contributed by atoms with Crippen LogP contribution < -0.4 is 4.74 Å². The monoisotopic (exact) mass is 313 g/mol. The molecule has 0 bridgehead atoms. The zero-order chi connectivity index (χ0) is 15.2. The van der Waals surface area contributed by atoms with Gasteiger partial charge < -0.3 is 4.74 Å². The van der Waals surface area contributed by atoms with Gasteiger partial charge in [-0.2, -0.15) is 4.68 Å². The summed E-state index contributed by atoms with van der Waals surface area (Å²) < 4.78 is 7.06. The highest BCUT2D eigenvalue weighted by Gasteiger charge is 2.12. The van der Waals surface area contributed by atoms with Gasteiger partial charge in [0.15, 0.2) is 0 Å². The number of methoxy groups -OCH3 is 1. The second-order valence-electron chi connectivity index (χ2n) is 4.46. The lowest BCUT2D eigenvalue weighted by Crippen LogP contribution is -2.02. The Bertz CT molecular complexity index is 732. The van der Waals surface area contributed by atoms with Crippen molar-refractivity contribution in [3.63, 3.8) is 0 Å². The summed E-state index contributed by atoms with van der Waals surface area (Å²) in [5.74, 6) is 1.59. The van der Waals surface area contributed by atoms with E-state index in [2.05, 4.69) is 20.5 Å². The van der Waals surface area contributed by atoms with Gasteiger partial charge in [0.2, 0.25) is 5.16 Å². The van der Waals surface area contributed by atoms with Crippen molar-refractivity contribution >= 4 is 11.8 Å². The first-order valence-corrected chi connectivity index (χ1v) is 7.81. The van der Waals surface area contributed by atoms with Gasteiger partial charge in [-0.15, -0.1) is 5.10 Å². The molecule has 0 amide bonds. The van der Waals surface area contributed by atoms with Crippen LogP contribution in [0.15, 0.2) is 53.8 Å². The molecule has 2 aromatic heterocycles. The van der Waals surface area contributed by atoms with Crippen LogP contribution in [0, 0.1) is 0 Å². The minimum atomic E-state index is 0.737. The van der Waals surface area contributed by atoms with E-state index >= 15 is 0 Å². The number of hydrogen-bond acceptors (Lipinski definition) is 6. The van der Waals surface area contributed by atoms with Crippen molar-refractivity contribution in [3.05, 3.63) is 54.4 Å². The molecule has 112 valence electrons. The summed E-state index contributed by atoms with van der Waals surface area (Å²) in [6.07, 6.45) is 2.67. The number of pyridine rings is 1. The van der Waals surface area contributed by atoms with Crippen molar-refractivity contribution in [3.8, 4) is 11.4 Å². The third-order valence-corrected chi connectivity index (χ3v) is 3.99. The normalized spacial score (nSPS) is 10.6. The van der Waals surface area contributed by atoms with Gasteiger partial charge in [-0.25, -0.2) is 0 Å². The Kier molecular flexibility index (Phi) is 4.65. The van der Waals surface area contributed by atoms with Crippen molar-refractivity contribution < 1.29 is 4.74 Å². The SMILES string of the molecule is COc1ccccc1-n1nnnc1SCCc1ccccn1. The van der Waals surface area contributed by atoms with Crippen LogP contribution in [0.1, 0.15) is 5.69 Å². The molecule has 0 fully saturated rings. The zero-order valence-corrected chi connectivity index (χ0v) is 12.9. The Morgan fingerprint density at radius 2 is 2.00 bits per heavy atom. The summed E-state index contributed by atoms with van der Waals surface area (Å²) in [5.41, 5.74) is 1.89. The van der Waals surface area contributed by atoms with Crippen molar-refractivity contribution in [2.24, 2.45) is 0 Å². The van der Waals surface area contributed by atoms with E-state index in [0.29, 0.717) is 0 Å². The number of thioether (sulfide) groups is 1. The molecule has 0 unspecified atom stereocenters. The standard InChI is InChI=1S/C15H15N5OS/c1-21-14-8-3-2-7-13(14)20-15(17-18-19-20)22-11-9-12-6-4-5-10-16-12/h2-8,10H,9,11H2,1H3. The van der Waals surface area contributed by atoms with Gasteiger partial charge >= 0.3 is 0 Å². The smallest absolute Gasteiger partial charge is 0.214 e. The Morgan fingerprint density at radius 1 is 1.14 bits per heavy atom. The highest BCUT2D eigenvalue weighted by Crippen LogP contribution is 2.25. The molecular weight excluding hydrogens is 298 g/mol. The number of aromatic nitrogens is 5. The van der Waals surface area contributed by atoms with Crippen molar-refractivity contribution in [1.29, 1.82) is 0 Å². The lowest BCUT2D eigenvalue weighted by Gasteiger charge is -2.08. The summed E-state index contributed by atoms with van der Waals surface area (Å²) in [7, 11) is 1.64. The molecule has 0 aliphatic carbocycles. The van der Waals surface area contributed by atoms with Crippen LogP contribution in [0.3, 0.4) is 0 Å². The van der Waals surface area contributed by atoms with Crippen LogP contribution in [-0.2, 0) is 6.42 Å². The van der Waals surface area contributed by atoms with Crippen LogP contribution in [0.4, 0.5) is 0 Å². The summed E-state index contributed by atoms with van der Waals surface area (Å²) in [5, 5.41) is 12.7. The predicted octanol–water partition coefficient (Wildman–Crippen LogP) is 2.40. The number of benzene rings is 1. The van der Waals surface area contributed by atoms with Crippen LogP contribution in [0.2, 0.25) is 0 Å². The van der Waals surface area contributed by atoms with Gasteiger partial charge in [0, 0.05) is 17.6 Å². The molecular formula is C15H15N5OS. The van der Waals surface area contributed by atoms with E-state index in [-0.39, 0.29) is 0 Å². The van der Waals surface area contributed by atoms with Crippen molar-refractivity contribution in [2.75, 3.05) is 12.9 Å². The number of para-hydroxylation sites is 2. The van der Waals surface area contributed by atoms with Gasteiger partial charge in [-0.1, -0.05) is 30.0 Å². The quantitative estimate of drug-likeness (QED) is 0.651. The Hall–Kier alpha value is -2.41. The molecule has 0 aliphatic rings. The predicted molar refractivity (Wildman–Crippen MR) is 84.4 cm³/mol. The molecule has 0 radical (unpaired) electrons. The minimum Gasteiger partial charge on any atom is -0.494 e. The average Bonchev–Trinajstić information content (AvgIpc) is 3.04. The lowest BCUT2D eigenvalue weighted by atomic mass is 10.3. The molecule has 6 nitrogen and oxygen atoms in total. The molecule has 3 rings (SSSR count). The minimum absolute atomic E-state index is 0.737.